The lowest BCUT2D eigenvalue weighted by molar-refractivity contribution is -0.754. The van der Waals surface area contributed by atoms with E-state index in [-0.39, 0.29) is 0 Å². The van der Waals surface area contributed by atoms with Crippen molar-refractivity contribution in [2.45, 2.75) is 64.5 Å². The van der Waals surface area contributed by atoms with E-state index >= 15 is 0 Å². The molecular weight excluding hydrogens is 172 g/mol. The Bertz CT molecular complexity index is 130. The minimum absolute atomic E-state index is 0.815. The van der Waals surface area contributed by atoms with Gasteiger partial charge in [-0.1, -0.05) is 13.3 Å². The van der Waals surface area contributed by atoms with Gasteiger partial charge in [0.1, 0.15) is 13.1 Å². The zero-order chi connectivity index (χ0) is 10.2. The molecule has 1 atom stereocenters. The van der Waals surface area contributed by atoms with E-state index < -0.39 is 0 Å². The third-order valence-corrected chi connectivity index (χ3v) is 3.53. The first-order chi connectivity index (χ1) is 6.83. The number of nitrogens with two attached hydrogens (primary N) is 2. The summed E-state index contributed by atoms with van der Waals surface area (Å²) in [5.41, 5.74) is 0. The second-order valence-corrected chi connectivity index (χ2v) is 4.83. The topological polar surface area (TPSA) is 33.2 Å². The molecule has 0 amide bonds. The highest BCUT2D eigenvalue weighted by Gasteiger charge is 2.15. The zero-order valence-corrected chi connectivity index (χ0v) is 9.97. The third kappa shape index (κ3) is 4.97. The summed E-state index contributed by atoms with van der Waals surface area (Å²) in [6.45, 7) is 7.20. The highest BCUT2D eigenvalue weighted by atomic mass is 15.0. The summed E-state index contributed by atoms with van der Waals surface area (Å²) in [5.74, 6) is 0. The van der Waals surface area contributed by atoms with Gasteiger partial charge in [0.15, 0.2) is 0 Å². The minimum Gasteiger partial charge on any atom is -0.339 e. The van der Waals surface area contributed by atoms with Crippen molar-refractivity contribution in [2.24, 2.45) is 0 Å². The van der Waals surface area contributed by atoms with E-state index in [0.717, 1.165) is 12.1 Å². The molecule has 0 spiro atoms. The summed E-state index contributed by atoms with van der Waals surface area (Å²) in [6, 6.07) is 1.77. The molecule has 1 rings (SSSR count). The molecule has 1 aliphatic carbocycles. The molecule has 84 valence electrons. The summed E-state index contributed by atoms with van der Waals surface area (Å²) in [5, 5.41) is 5.07. The van der Waals surface area contributed by atoms with Gasteiger partial charge in [-0.25, -0.2) is 0 Å². The van der Waals surface area contributed by atoms with E-state index in [4.69, 9.17) is 0 Å². The van der Waals surface area contributed by atoms with Crippen LogP contribution in [-0.2, 0) is 0 Å². The van der Waals surface area contributed by atoms with Crippen molar-refractivity contribution < 1.29 is 10.6 Å². The van der Waals surface area contributed by atoms with Gasteiger partial charge in [-0.15, -0.1) is 0 Å². The van der Waals surface area contributed by atoms with E-state index in [1.807, 2.05) is 0 Å². The lowest BCUT2D eigenvalue weighted by atomic mass is 9.95. The molecule has 0 heterocycles. The predicted octanol–water partition coefficient (Wildman–Crippen LogP) is 0.244. The van der Waals surface area contributed by atoms with E-state index in [9.17, 15) is 0 Å². The van der Waals surface area contributed by atoms with Crippen molar-refractivity contribution in [3.05, 3.63) is 0 Å². The SMILES string of the molecule is CC[C@@H](C)[NH2+]CC[NH2+]C1CCCCC1. The molecule has 1 aliphatic rings. The van der Waals surface area contributed by atoms with Crippen molar-refractivity contribution in [3.8, 4) is 0 Å². The molecule has 0 aromatic carbocycles. The molecule has 0 radical (unpaired) electrons. The van der Waals surface area contributed by atoms with Crippen molar-refractivity contribution in [2.75, 3.05) is 13.1 Å². The van der Waals surface area contributed by atoms with Crippen LogP contribution in [0.25, 0.3) is 0 Å². The summed E-state index contributed by atoms with van der Waals surface area (Å²) in [7, 11) is 0. The molecule has 2 nitrogen and oxygen atoms in total. The molecule has 0 unspecified atom stereocenters. The van der Waals surface area contributed by atoms with Gasteiger partial charge in [-0.2, -0.15) is 0 Å². The highest BCUT2D eigenvalue weighted by Crippen LogP contribution is 2.14. The fraction of sp³-hybridized carbons (Fsp3) is 1.00. The number of hydrogen-bond donors (Lipinski definition) is 2. The Labute approximate surface area is 88.8 Å². The van der Waals surface area contributed by atoms with Crippen LogP contribution in [0.3, 0.4) is 0 Å². The second kappa shape index (κ2) is 7.24. The van der Waals surface area contributed by atoms with Crippen molar-refractivity contribution in [1.82, 2.24) is 0 Å². The average Bonchev–Trinajstić information content (AvgIpc) is 2.25. The third-order valence-electron chi connectivity index (χ3n) is 3.53. The Kier molecular flexibility index (Phi) is 6.20. The molecule has 0 aliphatic heterocycles. The van der Waals surface area contributed by atoms with Crippen LogP contribution in [0, 0.1) is 0 Å². The fourth-order valence-corrected chi connectivity index (χ4v) is 2.25. The van der Waals surface area contributed by atoms with Crippen LogP contribution in [0.4, 0.5) is 0 Å². The Morgan fingerprint density at radius 2 is 1.86 bits per heavy atom. The van der Waals surface area contributed by atoms with Gasteiger partial charge in [0.25, 0.3) is 0 Å². The lowest BCUT2D eigenvalue weighted by Crippen LogP contribution is -2.99. The van der Waals surface area contributed by atoms with Gasteiger partial charge in [0.05, 0.1) is 12.1 Å². The van der Waals surface area contributed by atoms with Gasteiger partial charge in [0, 0.05) is 0 Å². The van der Waals surface area contributed by atoms with Crippen molar-refractivity contribution >= 4 is 0 Å². The molecule has 4 N–H and O–H groups in total. The Balaban J connectivity index is 1.92. The first kappa shape index (κ1) is 12.0. The molecule has 0 saturated heterocycles. The zero-order valence-electron chi connectivity index (χ0n) is 9.97. The first-order valence-corrected chi connectivity index (χ1v) is 6.49. The summed E-state index contributed by atoms with van der Waals surface area (Å²) in [6.07, 6.45) is 8.63. The van der Waals surface area contributed by atoms with Crippen LogP contribution in [0.2, 0.25) is 0 Å². The van der Waals surface area contributed by atoms with Gasteiger partial charge in [-0.05, 0) is 39.0 Å². The maximum atomic E-state index is 2.58. The first-order valence-electron chi connectivity index (χ1n) is 6.49. The fourth-order valence-electron chi connectivity index (χ4n) is 2.25. The van der Waals surface area contributed by atoms with Crippen molar-refractivity contribution in [3.63, 3.8) is 0 Å². The number of hydrogen-bond acceptors (Lipinski definition) is 0. The maximum Gasteiger partial charge on any atom is 0.125 e. The van der Waals surface area contributed by atoms with Crippen LogP contribution in [0.15, 0.2) is 0 Å². The smallest absolute Gasteiger partial charge is 0.125 e. The lowest BCUT2D eigenvalue weighted by Gasteiger charge is -2.19. The summed E-state index contributed by atoms with van der Waals surface area (Å²) >= 11 is 0. The highest BCUT2D eigenvalue weighted by molar-refractivity contribution is 4.61. The normalized spacial score (nSPS) is 21.0. The van der Waals surface area contributed by atoms with Gasteiger partial charge >= 0.3 is 0 Å². The summed E-state index contributed by atoms with van der Waals surface area (Å²) < 4.78 is 0. The predicted molar refractivity (Wildman–Crippen MR) is 60.2 cm³/mol. The molecule has 0 aromatic rings. The van der Waals surface area contributed by atoms with Crippen LogP contribution in [0.5, 0.6) is 0 Å². The van der Waals surface area contributed by atoms with E-state index in [2.05, 4.69) is 24.5 Å². The maximum absolute atomic E-state index is 2.58. The molecule has 2 heteroatoms. The molecule has 1 fully saturated rings. The van der Waals surface area contributed by atoms with Crippen LogP contribution >= 0.6 is 0 Å². The van der Waals surface area contributed by atoms with Gasteiger partial charge in [0.2, 0.25) is 0 Å². The standard InChI is InChI=1S/C12H26N2/c1-3-11(2)13-9-10-14-12-7-5-4-6-8-12/h11-14H,3-10H2,1-2H3/p+2/t11-/m1/s1. The van der Waals surface area contributed by atoms with Crippen molar-refractivity contribution in [1.29, 1.82) is 0 Å². The molecule has 14 heavy (non-hydrogen) atoms. The Hall–Kier alpha value is -0.0800. The quantitative estimate of drug-likeness (QED) is 0.576. The van der Waals surface area contributed by atoms with Crippen LogP contribution < -0.4 is 10.6 Å². The number of quaternary nitrogens is 2. The Morgan fingerprint density at radius 3 is 2.50 bits per heavy atom. The van der Waals surface area contributed by atoms with E-state index in [1.165, 1.54) is 51.6 Å². The largest absolute Gasteiger partial charge is 0.339 e. The average molecular weight is 200 g/mol. The Morgan fingerprint density at radius 1 is 1.14 bits per heavy atom. The summed E-state index contributed by atoms with van der Waals surface area (Å²) in [4.78, 5) is 0. The minimum atomic E-state index is 0.815. The molecule has 0 bridgehead atoms. The monoisotopic (exact) mass is 200 g/mol. The molecular formula is C12H28N2+2. The number of rotatable bonds is 6. The molecule has 0 aromatic heterocycles. The van der Waals surface area contributed by atoms with Gasteiger partial charge in [-0.3, -0.25) is 0 Å². The van der Waals surface area contributed by atoms with Crippen LogP contribution in [-0.4, -0.2) is 25.2 Å². The van der Waals surface area contributed by atoms with Crippen LogP contribution in [0.1, 0.15) is 52.4 Å². The van der Waals surface area contributed by atoms with Gasteiger partial charge < -0.3 is 10.6 Å². The second-order valence-electron chi connectivity index (χ2n) is 4.83. The van der Waals surface area contributed by atoms with E-state index in [1.54, 1.807) is 0 Å². The molecule has 1 saturated carbocycles. The van der Waals surface area contributed by atoms with E-state index in [0.29, 0.717) is 0 Å².